The molecule has 2 rings (SSSR count). The van der Waals surface area contributed by atoms with Crippen molar-refractivity contribution in [1.82, 2.24) is 15.2 Å². The summed E-state index contributed by atoms with van der Waals surface area (Å²) in [6, 6.07) is 0. The largest absolute Gasteiger partial charge is 0.367 e. The summed E-state index contributed by atoms with van der Waals surface area (Å²) in [6.45, 7) is 0.861. The minimum Gasteiger partial charge on any atom is -0.367 e. The van der Waals surface area contributed by atoms with Gasteiger partial charge in [0.1, 0.15) is 0 Å². The van der Waals surface area contributed by atoms with E-state index in [2.05, 4.69) is 20.5 Å². The number of nitrogens with zero attached hydrogens (tertiary/aromatic N) is 3. The molecule has 0 amide bonds. The lowest BCUT2D eigenvalue weighted by molar-refractivity contribution is 0.345. The monoisotopic (exact) mass is 274 g/mol. The van der Waals surface area contributed by atoms with Crippen molar-refractivity contribution >= 4 is 29.0 Å². The lowest BCUT2D eigenvalue weighted by Gasteiger charge is -2.21. The summed E-state index contributed by atoms with van der Waals surface area (Å²) < 4.78 is 0. The Hall–Kier alpha value is -0.610. The highest BCUT2D eigenvalue weighted by atomic mass is 35.5. The maximum Gasteiger partial charge on any atom is 0.245 e. The minimum atomic E-state index is 0.120. The first-order valence-corrected chi connectivity index (χ1v) is 6.81. The first kappa shape index (κ1) is 12.8. The van der Waals surface area contributed by atoms with Crippen molar-refractivity contribution in [2.24, 2.45) is 5.92 Å². The van der Waals surface area contributed by atoms with E-state index in [1.54, 1.807) is 0 Å². The summed E-state index contributed by atoms with van der Waals surface area (Å²) in [7, 11) is 0. The number of hydrogen-bond donors (Lipinski definition) is 1. The topological polar surface area (TPSA) is 50.7 Å². The fourth-order valence-corrected chi connectivity index (χ4v) is 2.55. The highest BCUT2D eigenvalue weighted by molar-refractivity contribution is 6.32. The molecule has 0 aromatic carbocycles. The molecule has 0 unspecified atom stereocenters. The van der Waals surface area contributed by atoms with Crippen LogP contribution in [0.5, 0.6) is 0 Å². The van der Waals surface area contributed by atoms with Crippen LogP contribution in [-0.4, -0.2) is 21.7 Å². The average molecular weight is 275 g/mol. The van der Waals surface area contributed by atoms with E-state index in [0.29, 0.717) is 5.82 Å². The van der Waals surface area contributed by atoms with Crippen LogP contribution in [0.15, 0.2) is 0 Å². The molecular formula is C11H16Cl2N4. The zero-order valence-corrected chi connectivity index (χ0v) is 11.1. The van der Waals surface area contributed by atoms with Crippen LogP contribution in [0.2, 0.25) is 10.4 Å². The summed E-state index contributed by atoms with van der Waals surface area (Å²) in [5.74, 6) is 1.36. The first-order chi connectivity index (χ1) is 8.25. The van der Waals surface area contributed by atoms with Crippen molar-refractivity contribution in [1.29, 1.82) is 0 Å². The standard InChI is InChI=1S/C11H16Cl2N4/c12-9-10(15-11(13)17-16-9)14-7-6-8-4-2-1-3-5-8/h8H,1-7H2,(H,14,15,17). The van der Waals surface area contributed by atoms with Gasteiger partial charge in [0, 0.05) is 6.54 Å². The highest BCUT2D eigenvalue weighted by Gasteiger charge is 2.13. The predicted molar refractivity (Wildman–Crippen MR) is 69.5 cm³/mol. The predicted octanol–water partition coefficient (Wildman–Crippen LogP) is 3.56. The molecule has 1 N–H and O–H groups in total. The van der Waals surface area contributed by atoms with Gasteiger partial charge in [0.25, 0.3) is 0 Å². The molecule has 1 aromatic heterocycles. The van der Waals surface area contributed by atoms with Crippen LogP contribution in [0.3, 0.4) is 0 Å². The molecule has 6 heteroatoms. The molecule has 0 atom stereocenters. The zero-order chi connectivity index (χ0) is 12.1. The Morgan fingerprint density at radius 1 is 1.12 bits per heavy atom. The zero-order valence-electron chi connectivity index (χ0n) is 9.62. The summed E-state index contributed by atoms with van der Waals surface area (Å²) >= 11 is 11.5. The van der Waals surface area contributed by atoms with E-state index in [0.717, 1.165) is 18.9 Å². The van der Waals surface area contributed by atoms with Gasteiger partial charge in [-0.1, -0.05) is 43.7 Å². The Bertz CT molecular complexity index is 366. The molecule has 0 saturated heterocycles. The van der Waals surface area contributed by atoms with Crippen molar-refractivity contribution in [2.75, 3.05) is 11.9 Å². The van der Waals surface area contributed by atoms with Crippen molar-refractivity contribution in [2.45, 2.75) is 38.5 Å². The Labute approximate surface area is 111 Å². The first-order valence-electron chi connectivity index (χ1n) is 6.05. The Morgan fingerprint density at radius 3 is 2.65 bits per heavy atom. The molecule has 17 heavy (non-hydrogen) atoms. The van der Waals surface area contributed by atoms with Crippen molar-refractivity contribution in [3.05, 3.63) is 10.4 Å². The van der Waals surface area contributed by atoms with E-state index in [1.807, 2.05) is 0 Å². The van der Waals surface area contributed by atoms with E-state index in [1.165, 1.54) is 32.1 Å². The van der Waals surface area contributed by atoms with Crippen LogP contribution in [0.4, 0.5) is 5.82 Å². The Morgan fingerprint density at radius 2 is 1.88 bits per heavy atom. The summed E-state index contributed by atoms with van der Waals surface area (Å²) in [5.41, 5.74) is 0. The maximum absolute atomic E-state index is 5.86. The van der Waals surface area contributed by atoms with Crippen molar-refractivity contribution in [3.8, 4) is 0 Å². The SMILES string of the molecule is Clc1nnc(Cl)c(NCCC2CCCCC2)n1. The molecule has 1 saturated carbocycles. The van der Waals surface area contributed by atoms with Gasteiger partial charge in [0.2, 0.25) is 5.28 Å². The summed E-state index contributed by atoms with van der Waals surface area (Å²) in [5, 5.41) is 10.8. The number of hydrogen-bond acceptors (Lipinski definition) is 4. The van der Waals surface area contributed by atoms with Crippen LogP contribution < -0.4 is 5.32 Å². The van der Waals surface area contributed by atoms with Gasteiger partial charge < -0.3 is 5.32 Å². The molecule has 0 bridgehead atoms. The van der Waals surface area contributed by atoms with Crippen LogP contribution in [0, 0.1) is 5.92 Å². The molecule has 1 aliphatic rings. The lowest BCUT2D eigenvalue weighted by Crippen LogP contribution is -2.13. The van der Waals surface area contributed by atoms with E-state index in [4.69, 9.17) is 23.2 Å². The Kier molecular flexibility index (Phi) is 4.80. The quantitative estimate of drug-likeness (QED) is 0.912. The van der Waals surface area contributed by atoms with Gasteiger partial charge in [-0.2, -0.15) is 4.98 Å². The third-order valence-electron chi connectivity index (χ3n) is 3.19. The van der Waals surface area contributed by atoms with E-state index >= 15 is 0 Å². The molecule has 4 nitrogen and oxygen atoms in total. The highest BCUT2D eigenvalue weighted by Crippen LogP contribution is 2.26. The molecule has 1 heterocycles. The molecule has 1 aromatic rings. The Balaban J connectivity index is 1.79. The molecular weight excluding hydrogens is 259 g/mol. The van der Waals surface area contributed by atoms with E-state index in [9.17, 15) is 0 Å². The minimum absolute atomic E-state index is 0.120. The van der Waals surface area contributed by atoms with Gasteiger partial charge in [0.05, 0.1) is 0 Å². The van der Waals surface area contributed by atoms with Crippen molar-refractivity contribution < 1.29 is 0 Å². The van der Waals surface area contributed by atoms with E-state index in [-0.39, 0.29) is 10.4 Å². The van der Waals surface area contributed by atoms with Crippen molar-refractivity contribution in [3.63, 3.8) is 0 Å². The van der Waals surface area contributed by atoms with E-state index < -0.39 is 0 Å². The third kappa shape index (κ3) is 3.96. The van der Waals surface area contributed by atoms with Gasteiger partial charge in [-0.25, -0.2) is 0 Å². The lowest BCUT2D eigenvalue weighted by atomic mass is 9.87. The second kappa shape index (κ2) is 6.36. The molecule has 1 fully saturated rings. The number of aromatic nitrogens is 3. The molecule has 0 radical (unpaired) electrons. The van der Waals surface area contributed by atoms with Gasteiger partial charge >= 0.3 is 0 Å². The second-order valence-electron chi connectivity index (χ2n) is 4.44. The van der Waals surface area contributed by atoms with Gasteiger partial charge in [-0.05, 0) is 23.9 Å². The number of nitrogens with one attached hydrogen (secondary N) is 1. The number of rotatable bonds is 4. The average Bonchev–Trinajstić information content (AvgIpc) is 2.35. The maximum atomic E-state index is 5.86. The van der Waals surface area contributed by atoms with Crippen LogP contribution in [0.1, 0.15) is 38.5 Å². The molecule has 0 aliphatic heterocycles. The number of halogens is 2. The molecule has 94 valence electrons. The van der Waals surface area contributed by atoms with Gasteiger partial charge in [-0.3, -0.25) is 0 Å². The fraction of sp³-hybridized carbons (Fsp3) is 0.727. The number of anilines is 1. The van der Waals surface area contributed by atoms with Crippen LogP contribution in [-0.2, 0) is 0 Å². The van der Waals surface area contributed by atoms with Crippen LogP contribution >= 0.6 is 23.2 Å². The summed E-state index contributed by atoms with van der Waals surface area (Å²) in [4.78, 5) is 4.00. The van der Waals surface area contributed by atoms with Crippen LogP contribution in [0.25, 0.3) is 0 Å². The van der Waals surface area contributed by atoms with Gasteiger partial charge in [0.15, 0.2) is 11.0 Å². The molecule has 1 aliphatic carbocycles. The summed E-state index contributed by atoms with van der Waals surface area (Å²) in [6.07, 6.45) is 7.97. The normalized spacial score (nSPS) is 17.1. The smallest absolute Gasteiger partial charge is 0.245 e. The second-order valence-corrected chi connectivity index (χ2v) is 5.14. The van der Waals surface area contributed by atoms with Gasteiger partial charge in [-0.15, -0.1) is 10.2 Å². The fourth-order valence-electron chi connectivity index (χ4n) is 2.28. The molecule has 0 spiro atoms. The third-order valence-corrected chi connectivity index (χ3v) is 3.60.